The molecule has 162 valence electrons. The molecule has 0 atom stereocenters. The van der Waals surface area contributed by atoms with E-state index in [2.05, 4.69) is 21.0 Å². The van der Waals surface area contributed by atoms with Gasteiger partial charge in [-0.25, -0.2) is 13.1 Å². The molecule has 1 amide bonds. The van der Waals surface area contributed by atoms with Crippen LogP contribution < -0.4 is 9.46 Å². The van der Waals surface area contributed by atoms with E-state index in [0.717, 1.165) is 12.0 Å². The molecule has 2 N–H and O–H groups in total. The minimum absolute atomic E-state index is 0.0258. The van der Waals surface area contributed by atoms with Crippen LogP contribution in [-0.4, -0.2) is 49.6 Å². The van der Waals surface area contributed by atoms with Crippen molar-refractivity contribution in [2.24, 2.45) is 0 Å². The summed E-state index contributed by atoms with van der Waals surface area (Å²) in [6.45, 7) is 3.16. The van der Waals surface area contributed by atoms with Gasteiger partial charge in [0.15, 0.2) is 0 Å². The fourth-order valence-corrected chi connectivity index (χ4v) is 4.97. The number of methoxy groups -OCH3 is 1. The Kier molecular flexibility index (Phi) is 5.79. The summed E-state index contributed by atoms with van der Waals surface area (Å²) in [4.78, 5) is 14.8. The average molecular weight is 441 g/mol. The Morgan fingerprint density at radius 2 is 1.97 bits per heavy atom. The van der Waals surface area contributed by atoms with Crippen molar-refractivity contribution in [3.8, 4) is 17.0 Å². The number of nitrogens with one attached hydrogen (secondary N) is 2. The van der Waals surface area contributed by atoms with Gasteiger partial charge in [0.2, 0.25) is 10.0 Å². The highest BCUT2D eigenvalue weighted by atomic mass is 32.2. The van der Waals surface area contributed by atoms with E-state index in [9.17, 15) is 13.2 Å². The molecule has 9 heteroatoms. The Morgan fingerprint density at radius 3 is 2.71 bits per heavy atom. The largest absolute Gasteiger partial charge is 0.495 e. The van der Waals surface area contributed by atoms with Crippen molar-refractivity contribution in [1.29, 1.82) is 0 Å². The first-order valence-electron chi connectivity index (χ1n) is 10.0. The number of amides is 1. The Bertz CT molecular complexity index is 1220. The highest BCUT2D eigenvalue weighted by Crippen LogP contribution is 2.30. The van der Waals surface area contributed by atoms with Gasteiger partial charge in [-0.2, -0.15) is 5.10 Å². The van der Waals surface area contributed by atoms with E-state index >= 15 is 0 Å². The lowest BCUT2D eigenvalue weighted by atomic mass is 10.00. The molecule has 3 aromatic rings. The monoisotopic (exact) mass is 440 g/mol. The van der Waals surface area contributed by atoms with Gasteiger partial charge < -0.3 is 9.64 Å². The number of aromatic amines is 1. The van der Waals surface area contributed by atoms with E-state index in [4.69, 9.17) is 4.74 Å². The topological polar surface area (TPSA) is 104 Å². The number of ether oxygens (including phenoxy) is 1. The molecule has 0 bridgehead atoms. The van der Waals surface area contributed by atoms with Crippen LogP contribution in [0.1, 0.15) is 28.5 Å². The fourth-order valence-electron chi connectivity index (χ4n) is 3.73. The number of aromatic nitrogens is 2. The molecular weight excluding hydrogens is 416 g/mol. The molecule has 31 heavy (non-hydrogen) atoms. The molecule has 0 spiro atoms. The van der Waals surface area contributed by atoms with Crippen molar-refractivity contribution in [3.63, 3.8) is 0 Å². The maximum absolute atomic E-state index is 13.0. The molecular formula is C22H24N4O4S. The third-order valence-electron chi connectivity index (χ3n) is 5.31. The molecule has 0 aliphatic carbocycles. The minimum Gasteiger partial charge on any atom is -0.495 e. The smallest absolute Gasteiger partial charge is 0.272 e. The zero-order valence-corrected chi connectivity index (χ0v) is 18.2. The van der Waals surface area contributed by atoms with Crippen molar-refractivity contribution >= 4 is 15.9 Å². The summed E-state index contributed by atoms with van der Waals surface area (Å²) < 4.78 is 32.8. The quantitative estimate of drug-likeness (QED) is 0.613. The number of benzene rings is 2. The predicted octanol–water partition coefficient (Wildman–Crippen LogP) is 2.58. The van der Waals surface area contributed by atoms with Gasteiger partial charge >= 0.3 is 0 Å². The maximum atomic E-state index is 13.0. The summed E-state index contributed by atoms with van der Waals surface area (Å²) in [5.41, 5.74) is 3.83. The standard InChI is InChI=1S/C22H24N4O4S/c1-3-23-31(28,29)21-12-16(8-9-20(21)30-2)18-13-19(25-24-18)22(27)26-11-10-15-6-4-5-7-17(15)14-26/h4-9,12-13,23H,3,10-11,14H2,1-2H3,(H,24,25). The summed E-state index contributed by atoms with van der Waals surface area (Å²) in [7, 11) is -2.31. The molecule has 8 nitrogen and oxygen atoms in total. The lowest BCUT2D eigenvalue weighted by Gasteiger charge is -2.28. The summed E-state index contributed by atoms with van der Waals surface area (Å²) in [6.07, 6.45) is 0.813. The van der Waals surface area contributed by atoms with Crippen LogP contribution in [0.15, 0.2) is 53.4 Å². The van der Waals surface area contributed by atoms with Crippen LogP contribution in [-0.2, 0) is 23.0 Å². The first kappa shape index (κ1) is 21.1. The van der Waals surface area contributed by atoms with Crippen molar-refractivity contribution in [2.45, 2.75) is 24.8 Å². The number of hydrogen-bond donors (Lipinski definition) is 2. The number of nitrogens with zero attached hydrogens (tertiary/aromatic N) is 2. The molecule has 0 saturated heterocycles. The number of fused-ring (bicyclic) bond motifs is 1. The maximum Gasteiger partial charge on any atom is 0.272 e. The predicted molar refractivity (Wildman–Crippen MR) is 116 cm³/mol. The Labute approximate surface area is 181 Å². The van der Waals surface area contributed by atoms with Crippen LogP contribution in [0.25, 0.3) is 11.3 Å². The summed E-state index contributed by atoms with van der Waals surface area (Å²) >= 11 is 0. The number of hydrogen-bond acceptors (Lipinski definition) is 5. The first-order valence-corrected chi connectivity index (χ1v) is 11.5. The minimum atomic E-state index is -3.73. The molecule has 0 unspecified atom stereocenters. The SMILES string of the molecule is CCNS(=O)(=O)c1cc(-c2cc(C(=O)N3CCc4ccccc4C3)[nH]n2)ccc1OC. The van der Waals surface area contributed by atoms with Gasteiger partial charge in [-0.1, -0.05) is 31.2 Å². The molecule has 2 aromatic carbocycles. The molecule has 0 radical (unpaired) electrons. The lowest BCUT2D eigenvalue weighted by molar-refractivity contribution is 0.0728. The van der Waals surface area contributed by atoms with E-state index in [-0.39, 0.29) is 23.1 Å². The van der Waals surface area contributed by atoms with Crippen molar-refractivity contribution in [2.75, 3.05) is 20.2 Å². The van der Waals surface area contributed by atoms with Crippen LogP contribution in [0.4, 0.5) is 0 Å². The van der Waals surface area contributed by atoms with Crippen LogP contribution in [0, 0.1) is 0 Å². The summed E-state index contributed by atoms with van der Waals surface area (Å²) in [5.74, 6) is 0.103. The zero-order chi connectivity index (χ0) is 22.0. The molecule has 1 aliphatic rings. The van der Waals surface area contributed by atoms with Crippen molar-refractivity contribution < 1.29 is 17.9 Å². The van der Waals surface area contributed by atoms with E-state index in [1.165, 1.54) is 18.7 Å². The Morgan fingerprint density at radius 1 is 1.19 bits per heavy atom. The van der Waals surface area contributed by atoms with Gasteiger partial charge in [-0.05, 0) is 41.8 Å². The van der Waals surface area contributed by atoms with Gasteiger partial charge in [-0.15, -0.1) is 0 Å². The third kappa shape index (κ3) is 4.19. The fraction of sp³-hybridized carbons (Fsp3) is 0.273. The Balaban J connectivity index is 1.60. The van der Waals surface area contributed by atoms with Gasteiger partial charge in [0.1, 0.15) is 16.3 Å². The highest BCUT2D eigenvalue weighted by Gasteiger charge is 2.24. The van der Waals surface area contributed by atoms with E-state index in [1.54, 1.807) is 30.0 Å². The summed E-state index contributed by atoms with van der Waals surface area (Å²) in [5, 5.41) is 7.04. The second-order valence-electron chi connectivity index (χ2n) is 7.28. The molecule has 1 aliphatic heterocycles. The molecule has 0 saturated carbocycles. The number of carbonyl (C=O) groups excluding carboxylic acids is 1. The second-order valence-corrected chi connectivity index (χ2v) is 9.01. The lowest BCUT2D eigenvalue weighted by Crippen LogP contribution is -2.36. The van der Waals surface area contributed by atoms with Crippen molar-refractivity contribution in [3.05, 3.63) is 65.4 Å². The molecule has 1 aromatic heterocycles. The van der Waals surface area contributed by atoms with Crippen LogP contribution in [0.2, 0.25) is 0 Å². The average Bonchev–Trinajstić information content (AvgIpc) is 3.28. The second kappa shape index (κ2) is 8.52. The molecule has 0 fully saturated rings. The van der Waals surface area contributed by atoms with Crippen LogP contribution in [0.5, 0.6) is 5.75 Å². The van der Waals surface area contributed by atoms with Crippen LogP contribution >= 0.6 is 0 Å². The van der Waals surface area contributed by atoms with Gasteiger partial charge in [0.05, 0.1) is 12.8 Å². The first-order chi connectivity index (χ1) is 14.9. The van der Waals surface area contributed by atoms with Gasteiger partial charge in [0.25, 0.3) is 5.91 Å². The van der Waals surface area contributed by atoms with Gasteiger partial charge in [0, 0.05) is 25.2 Å². The number of sulfonamides is 1. The van der Waals surface area contributed by atoms with E-state index in [1.807, 2.05) is 18.2 Å². The highest BCUT2D eigenvalue weighted by molar-refractivity contribution is 7.89. The van der Waals surface area contributed by atoms with Gasteiger partial charge in [-0.3, -0.25) is 9.89 Å². The molecule has 2 heterocycles. The number of carbonyl (C=O) groups is 1. The normalized spacial score (nSPS) is 13.7. The van der Waals surface area contributed by atoms with Crippen molar-refractivity contribution in [1.82, 2.24) is 19.8 Å². The number of H-pyrrole nitrogens is 1. The third-order valence-corrected chi connectivity index (χ3v) is 6.88. The number of rotatable bonds is 6. The van der Waals surface area contributed by atoms with E-state index in [0.29, 0.717) is 30.0 Å². The summed E-state index contributed by atoms with van der Waals surface area (Å²) in [6, 6.07) is 14.6. The molecule has 4 rings (SSSR count). The van der Waals surface area contributed by atoms with E-state index < -0.39 is 10.0 Å². The Hall–Kier alpha value is -3.17. The zero-order valence-electron chi connectivity index (χ0n) is 17.4. The van der Waals surface area contributed by atoms with Crippen LogP contribution in [0.3, 0.4) is 0 Å².